The molecule has 0 spiro atoms. The highest BCUT2D eigenvalue weighted by Gasteiger charge is 2.37. The van der Waals surface area contributed by atoms with Crippen LogP contribution in [0.2, 0.25) is 0 Å². The van der Waals surface area contributed by atoms with Crippen molar-refractivity contribution in [3.63, 3.8) is 0 Å². The number of hydrogen-bond donors (Lipinski definition) is 0. The number of halogens is 8. The van der Waals surface area contributed by atoms with Gasteiger partial charge in [-0.25, -0.2) is 13.8 Å². The fourth-order valence-corrected chi connectivity index (χ4v) is 3.82. The van der Waals surface area contributed by atoms with Crippen molar-refractivity contribution in [2.75, 3.05) is 13.2 Å². The lowest BCUT2D eigenvalue weighted by Crippen LogP contribution is -2.26. The Hall–Kier alpha value is -3.21. The Morgan fingerprint density at radius 1 is 0.882 bits per heavy atom. The summed E-state index contributed by atoms with van der Waals surface area (Å²) in [4.78, 5) is 5.60. The van der Waals surface area contributed by atoms with Crippen molar-refractivity contribution in [2.24, 2.45) is 0 Å². The molecule has 180 valence electrons. The van der Waals surface area contributed by atoms with Crippen molar-refractivity contribution >= 4 is 0 Å². The fraction of sp³-hybridized carbons (Fsp3) is 0.261. The number of benzene rings is 2. The van der Waals surface area contributed by atoms with Crippen molar-refractivity contribution in [3.8, 4) is 17.0 Å². The fourth-order valence-electron chi connectivity index (χ4n) is 3.82. The minimum Gasteiger partial charge on any atom is -0.476 e. The number of aromatic nitrogens is 1. The van der Waals surface area contributed by atoms with Crippen molar-refractivity contribution < 1.29 is 39.9 Å². The normalized spacial score (nSPS) is 14.9. The topological polar surface area (TPSA) is 25.4 Å². The molecular formula is C23H16F8N2O. The molecule has 0 amide bonds. The van der Waals surface area contributed by atoms with E-state index in [1.54, 1.807) is 0 Å². The molecule has 0 bridgehead atoms. The second-order valence-electron chi connectivity index (χ2n) is 7.71. The van der Waals surface area contributed by atoms with Gasteiger partial charge >= 0.3 is 12.4 Å². The largest absolute Gasteiger partial charge is 0.476 e. The summed E-state index contributed by atoms with van der Waals surface area (Å²) in [6.07, 6.45) is -8.63. The third-order valence-electron chi connectivity index (χ3n) is 5.33. The molecule has 0 saturated carbocycles. The van der Waals surface area contributed by atoms with E-state index in [1.807, 2.05) is 0 Å². The van der Waals surface area contributed by atoms with E-state index in [2.05, 4.69) is 4.98 Å². The van der Waals surface area contributed by atoms with Crippen molar-refractivity contribution in [2.45, 2.75) is 25.4 Å². The first kappa shape index (κ1) is 23.9. The highest BCUT2D eigenvalue weighted by molar-refractivity contribution is 5.70. The van der Waals surface area contributed by atoms with Crippen LogP contribution in [0, 0.1) is 11.6 Å². The van der Waals surface area contributed by atoms with Crippen LogP contribution in [-0.4, -0.2) is 23.0 Å². The van der Waals surface area contributed by atoms with Gasteiger partial charge in [-0.2, -0.15) is 26.3 Å². The zero-order chi connectivity index (χ0) is 24.7. The van der Waals surface area contributed by atoms with Crippen LogP contribution in [-0.2, 0) is 25.4 Å². The SMILES string of the molecule is Fc1cccc(F)c1-c1ccnc2c1CN(Cc1cc(C(F)(F)F)cc(C(F)(F)F)c1)CCO2. The molecule has 0 fully saturated rings. The summed E-state index contributed by atoms with van der Waals surface area (Å²) in [5.41, 5.74) is -2.98. The zero-order valence-corrected chi connectivity index (χ0v) is 17.3. The van der Waals surface area contributed by atoms with Crippen LogP contribution >= 0.6 is 0 Å². The molecule has 2 aromatic carbocycles. The second-order valence-corrected chi connectivity index (χ2v) is 7.71. The van der Waals surface area contributed by atoms with E-state index in [1.165, 1.54) is 23.2 Å². The Morgan fingerprint density at radius 2 is 1.50 bits per heavy atom. The maximum Gasteiger partial charge on any atom is 0.416 e. The first-order valence-corrected chi connectivity index (χ1v) is 9.99. The lowest BCUT2D eigenvalue weighted by molar-refractivity contribution is -0.143. The van der Waals surface area contributed by atoms with E-state index in [0.29, 0.717) is 12.1 Å². The molecule has 1 aliphatic rings. The summed E-state index contributed by atoms with van der Waals surface area (Å²) in [5, 5.41) is 0. The summed E-state index contributed by atoms with van der Waals surface area (Å²) in [6, 6.07) is 6.09. The van der Waals surface area contributed by atoms with Gasteiger partial charge in [0, 0.05) is 31.4 Å². The molecule has 0 N–H and O–H groups in total. The molecule has 0 saturated heterocycles. The van der Waals surface area contributed by atoms with Crippen molar-refractivity contribution in [1.29, 1.82) is 0 Å². The average Bonchev–Trinajstić information content (AvgIpc) is 2.94. The molecule has 3 aromatic rings. The second kappa shape index (κ2) is 8.86. The van der Waals surface area contributed by atoms with Gasteiger partial charge in [0.05, 0.1) is 16.7 Å². The summed E-state index contributed by atoms with van der Waals surface area (Å²) in [6.45, 7) is -0.199. The number of alkyl halides is 6. The van der Waals surface area contributed by atoms with Gasteiger partial charge in [0.1, 0.15) is 18.2 Å². The molecule has 0 atom stereocenters. The van der Waals surface area contributed by atoms with Crippen LogP contribution < -0.4 is 4.74 Å². The Morgan fingerprint density at radius 3 is 2.09 bits per heavy atom. The smallest absolute Gasteiger partial charge is 0.416 e. The molecule has 34 heavy (non-hydrogen) atoms. The maximum absolute atomic E-state index is 14.4. The van der Waals surface area contributed by atoms with Gasteiger partial charge in [-0.1, -0.05) is 6.07 Å². The zero-order valence-electron chi connectivity index (χ0n) is 17.3. The highest BCUT2D eigenvalue weighted by atomic mass is 19.4. The maximum atomic E-state index is 14.4. The van der Waals surface area contributed by atoms with Crippen LogP contribution in [0.25, 0.3) is 11.1 Å². The van der Waals surface area contributed by atoms with Crippen LogP contribution in [0.15, 0.2) is 48.7 Å². The van der Waals surface area contributed by atoms with Gasteiger partial charge in [0.25, 0.3) is 0 Å². The summed E-state index contributed by atoms with van der Waals surface area (Å²) in [7, 11) is 0. The van der Waals surface area contributed by atoms with E-state index in [4.69, 9.17) is 4.74 Å². The predicted molar refractivity (Wildman–Crippen MR) is 106 cm³/mol. The van der Waals surface area contributed by atoms with Gasteiger partial charge in [0.15, 0.2) is 0 Å². The number of ether oxygens (including phenoxy) is 1. The Balaban J connectivity index is 1.72. The van der Waals surface area contributed by atoms with Gasteiger partial charge in [0.2, 0.25) is 5.88 Å². The molecule has 11 heteroatoms. The monoisotopic (exact) mass is 488 g/mol. The van der Waals surface area contributed by atoms with Crippen LogP contribution in [0.3, 0.4) is 0 Å². The standard InChI is InChI=1S/C23H16F8N2O/c24-18-2-1-3-19(25)20(18)16-4-5-32-21-17(16)12-33(6-7-34-21)11-13-8-14(22(26,27)28)10-15(9-13)23(29,30)31/h1-5,8-10H,6-7,11-12H2. The van der Waals surface area contributed by atoms with E-state index >= 15 is 0 Å². The van der Waals surface area contributed by atoms with Crippen LogP contribution in [0.4, 0.5) is 35.1 Å². The van der Waals surface area contributed by atoms with E-state index in [0.717, 1.165) is 12.1 Å². The minimum absolute atomic E-state index is 0.0221. The highest BCUT2D eigenvalue weighted by Crippen LogP contribution is 2.38. The first-order valence-electron chi connectivity index (χ1n) is 9.99. The number of pyridine rings is 1. The summed E-state index contributed by atoms with van der Waals surface area (Å²) >= 11 is 0. The lowest BCUT2D eigenvalue weighted by Gasteiger charge is -2.22. The Kier molecular flexibility index (Phi) is 6.24. The van der Waals surface area contributed by atoms with Crippen LogP contribution in [0.5, 0.6) is 5.88 Å². The number of fused-ring (bicyclic) bond motifs is 1. The third kappa shape index (κ3) is 4.98. The lowest BCUT2D eigenvalue weighted by atomic mass is 9.99. The predicted octanol–water partition coefficient (Wildman–Crippen LogP) is 6.46. The molecule has 1 aliphatic heterocycles. The molecule has 0 unspecified atom stereocenters. The van der Waals surface area contributed by atoms with Crippen molar-refractivity contribution in [3.05, 3.63) is 82.5 Å². The van der Waals surface area contributed by atoms with E-state index in [-0.39, 0.29) is 60.4 Å². The average molecular weight is 488 g/mol. The van der Waals surface area contributed by atoms with Crippen LogP contribution in [0.1, 0.15) is 22.3 Å². The summed E-state index contributed by atoms with van der Waals surface area (Å²) in [5.74, 6) is -1.59. The summed E-state index contributed by atoms with van der Waals surface area (Å²) < 4.78 is 114. The molecule has 4 rings (SSSR count). The van der Waals surface area contributed by atoms with Gasteiger partial charge < -0.3 is 4.74 Å². The number of nitrogens with zero attached hydrogens (tertiary/aromatic N) is 2. The number of hydrogen-bond acceptors (Lipinski definition) is 3. The molecular weight excluding hydrogens is 472 g/mol. The van der Waals surface area contributed by atoms with Crippen molar-refractivity contribution in [1.82, 2.24) is 9.88 Å². The molecule has 3 nitrogen and oxygen atoms in total. The third-order valence-corrected chi connectivity index (χ3v) is 5.33. The van der Waals surface area contributed by atoms with E-state index in [9.17, 15) is 35.1 Å². The van der Waals surface area contributed by atoms with Gasteiger partial charge in [-0.05, 0) is 47.5 Å². The first-order chi connectivity index (χ1) is 15.9. The van der Waals surface area contributed by atoms with E-state index < -0.39 is 35.1 Å². The van der Waals surface area contributed by atoms with Gasteiger partial charge in [-0.15, -0.1) is 0 Å². The molecule has 0 radical (unpaired) electrons. The molecule has 0 aliphatic carbocycles. The minimum atomic E-state index is -4.97. The van der Waals surface area contributed by atoms with Gasteiger partial charge in [-0.3, -0.25) is 4.90 Å². The Bertz CT molecular complexity index is 1150. The quantitative estimate of drug-likeness (QED) is 0.396. The Labute approximate surface area is 188 Å². The number of rotatable bonds is 3. The molecule has 1 aromatic heterocycles. The molecule has 2 heterocycles.